The third kappa shape index (κ3) is 5.75. The maximum atomic E-state index is 12.6. The first-order chi connectivity index (χ1) is 16.8. The molecule has 6 rings (SSSR count). The standard InChI is InChI=1S/C27H30N2O5S/c30-25(28-27-15-20-11-21(16-27)13-22(12-20)17-27)18-34-26(31)23-7-4-8-24(14-23)29-35(32,33)10-9-19-5-2-1-3-6-19/h1-10,14,20-22,29H,11-13,15-18H2,(H,28,30)/b10-9+. The zero-order valence-corrected chi connectivity index (χ0v) is 20.3. The van der Waals surface area contributed by atoms with Crippen LogP contribution >= 0.6 is 0 Å². The van der Waals surface area contributed by atoms with Gasteiger partial charge in [0, 0.05) is 11.2 Å². The molecular formula is C27H30N2O5S. The Hall–Kier alpha value is -3.13. The van der Waals surface area contributed by atoms with Crippen LogP contribution in [0.5, 0.6) is 0 Å². The number of anilines is 1. The van der Waals surface area contributed by atoms with Crippen molar-refractivity contribution in [2.75, 3.05) is 11.3 Å². The summed E-state index contributed by atoms with van der Waals surface area (Å²) in [5.41, 5.74) is 1.01. The predicted molar refractivity (Wildman–Crippen MR) is 134 cm³/mol. The van der Waals surface area contributed by atoms with Crippen molar-refractivity contribution in [3.63, 3.8) is 0 Å². The van der Waals surface area contributed by atoms with Crippen LogP contribution in [0.15, 0.2) is 60.0 Å². The van der Waals surface area contributed by atoms with Crippen LogP contribution in [0.25, 0.3) is 6.08 Å². The van der Waals surface area contributed by atoms with Gasteiger partial charge in [-0.3, -0.25) is 9.52 Å². The Morgan fingerprint density at radius 3 is 2.26 bits per heavy atom. The number of benzene rings is 2. The minimum absolute atomic E-state index is 0.135. The number of carbonyl (C=O) groups is 2. The summed E-state index contributed by atoms with van der Waals surface area (Å²) in [4.78, 5) is 25.2. The predicted octanol–water partition coefficient (Wildman–Crippen LogP) is 4.34. The number of hydrogen-bond acceptors (Lipinski definition) is 5. The van der Waals surface area contributed by atoms with Gasteiger partial charge in [0.1, 0.15) is 0 Å². The molecule has 0 aromatic heterocycles. The van der Waals surface area contributed by atoms with E-state index < -0.39 is 16.0 Å². The van der Waals surface area contributed by atoms with E-state index in [4.69, 9.17) is 4.74 Å². The zero-order chi connectivity index (χ0) is 24.5. The molecule has 1 amide bonds. The van der Waals surface area contributed by atoms with Gasteiger partial charge in [-0.1, -0.05) is 36.4 Å². The zero-order valence-electron chi connectivity index (χ0n) is 19.5. The van der Waals surface area contributed by atoms with Crippen LogP contribution in [0.1, 0.15) is 54.4 Å². The lowest BCUT2D eigenvalue weighted by molar-refractivity contribution is -0.130. The second-order valence-electron chi connectivity index (χ2n) is 10.3. The fraction of sp³-hybridized carbons (Fsp3) is 0.407. The summed E-state index contributed by atoms with van der Waals surface area (Å²) >= 11 is 0. The fourth-order valence-corrected chi connectivity index (χ4v) is 7.31. The smallest absolute Gasteiger partial charge is 0.338 e. The average molecular weight is 495 g/mol. The molecule has 4 fully saturated rings. The van der Waals surface area contributed by atoms with E-state index in [1.807, 2.05) is 18.2 Å². The van der Waals surface area contributed by atoms with Gasteiger partial charge in [0.2, 0.25) is 0 Å². The highest BCUT2D eigenvalue weighted by atomic mass is 32.2. The van der Waals surface area contributed by atoms with E-state index >= 15 is 0 Å². The minimum atomic E-state index is -3.77. The molecule has 4 bridgehead atoms. The summed E-state index contributed by atoms with van der Waals surface area (Å²) in [6, 6.07) is 15.1. The van der Waals surface area contributed by atoms with E-state index in [1.54, 1.807) is 24.3 Å². The minimum Gasteiger partial charge on any atom is -0.452 e. The molecule has 0 spiro atoms. The monoisotopic (exact) mass is 494 g/mol. The molecule has 0 heterocycles. The molecule has 35 heavy (non-hydrogen) atoms. The molecule has 0 atom stereocenters. The Bertz CT molecular complexity index is 1200. The van der Waals surface area contributed by atoms with Crippen molar-refractivity contribution in [1.82, 2.24) is 5.32 Å². The molecule has 0 unspecified atom stereocenters. The van der Waals surface area contributed by atoms with Crippen LogP contribution in [0.4, 0.5) is 5.69 Å². The van der Waals surface area contributed by atoms with Crippen molar-refractivity contribution in [2.24, 2.45) is 17.8 Å². The van der Waals surface area contributed by atoms with E-state index in [1.165, 1.54) is 37.5 Å². The molecule has 4 saturated carbocycles. The van der Waals surface area contributed by atoms with Gasteiger partial charge < -0.3 is 10.1 Å². The third-order valence-electron chi connectivity index (χ3n) is 7.37. The first-order valence-corrected chi connectivity index (χ1v) is 13.7. The summed E-state index contributed by atoms with van der Waals surface area (Å²) in [5.74, 6) is 1.17. The van der Waals surface area contributed by atoms with Gasteiger partial charge in [-0.05, 0) is 86.1 Å². The third-order valence-corrected chi connectivity index (χ3v) is 8.39. The molecule has 2 aromatic rings. The van der Waals surface area contributed by atoms with Crippen molar-refractivity contribution in [2.45, 2.75) is 44.1 Å². The second kappa shape index (κ2) is 9.49. The van der Waals surface area contributed by atoms with Crippen LogP contribution < -0.4 is 10.0 Å². The maximum absolute atomic E-state index is 12.6. The van der Waals surface area contributed by atoms with Gasteiger partial charge in [-0.25, -0.2) is 13.2 Å². The number of esters is 1. The van der Waals surface area contributed by atoms with Crippen molar-refractivity contribution >= 4 is 33.7 Å². The molecular weight excluding hydrogens is 464 g/mol. The molecule has 2 aromatic carbocycles. The van der Waals surface area contributed by atoms with Crippen molar-refractivity contribution in [3.05, 3.63) is 71.1 Å². The van der Waals surface area contributed by atoms with Gasteiger partial charge in [0.15, 0.2) is 6.61 Å². The van der Waals surface area contributed by atoms with Crippen LogP contribution in [0.3, 0.4) is 0 Å². The molecule has 8 heteroatoms. The van der Waals surface area contributed by atoms with Gasteiger partial charge >= 0.3 is 5.97 Å². The summed E-state index contributed by atoms with van der Waals surface area (Å²) in [6.07, 6.45) is 8.42. The van der Waals surface area contributed by atoms with Crippen LogP contribution in [-0.2, 0) is 19.6 Å². The Labute approximate surface area is 206 Å². The maximum Gasteiger partial charge on any atom is 0.338 e. The van der Waals surface area contributed by atoms with Crippen molar-refractivity contribution < 1.29 is 22.7 Å². The van der Waals surface area contributed by atoms with Gasteiger partial charge in [0.05, 0.1) is 11.0 Å². The number of amides is 1. The number of sulfonamides is 1. The molecule has 7 nitrogen and oxygen atoms in total. The highest BCUT2D eigenvalue weighted by Crippen LogP contribution is 2.55. The van der Waals surface area contributed by atoms with E-state index in [2.05, 4.69) is 10.0 Å². The topological polar surface area (TPSA) is 102 Å². The largest absolute Gasteiger partial charge is 0.452 e. The van der Waals surface area contributed by atoms with Crippen LogP contribution in [-0.4, -0.2) is 32.4 Å². The molecule has 0 radical (unpaired) electrons. The van der Waals surface area contributed by atoms with E-state index in [0.717, 1.165) is 30.2 Å². The molecule has 0 saturated heterocycles. The highest BCUT2D eigenvalue weighted by molar-refractivity contribution is 7.95. The summed E-state index contributed by atoms with van der Waals surface area (Å²) < 4.78 is 32.5. The lowest BCUT2D eigenvalue weighted by Gasteiger charge is -2.56. The van der Waals surface area contributed by atoms with Gasteiger partial charge in [-0.2, -0.15) is 0 Å². The quantitative estimate of drug-likeness (QED) is 0.532. The Morgan fingerprint density at radius 1 is 0.943 bits per heavy atom. The first-order valence-electron chi connectivity index (χ1n) is 12.1. The van der Waals surface area contributed by atoms with E-state index in [0.29, 0.717) is 17.8 Å². The average Bonchev–Trinajstić information content (AvgIpc) is 2.81. The summed E-state index contributed by atoms with van der Waals surface area (Å²) in [7, 11) is -3.77. The Kier molecular flexibility index (Phi) is 6.40. The Balaban J connectivity index is 1.15. The van der Waals surface area contributed by atoms with Crippen LogP contribution in [0, 0.1) is 17.8 Å². The molecule has 4 aliphatic rings. The lowest BCUT2D eigenvalue weighted by atomic mass is 9.53. The Morgan fingerprint density at radius 2 is 1.60 bits per heavy atom. The van der Waals surface area contributed by atoms with Gasteiger partial charge in [-0.15, -0.1) is 0 Å². The molecule has 0 aliphatic heterocycles. The van der Waals surface area contributed by atoms with E-state index in [-0.39, 0.29) is 29.3 Å². The highest BCUT2D eigenvalue weighted by Gasteiger charge is 2.51. The normalized spacial score (nSPS) is 27.0. The summed E-state index contributed by atoms with van der Waals surface area (Å²) in [5, 5.41) is 4.26. The van der Waals surface area contributed by atoms with Crippen LogP contribution in [0.2, 0.25) is 0 Å². The fourth-order valence-electron chi connectivity index (χ4n) is 6.45. The molecule has 4 aliphatic carbocycles. The van der Waals surface area contributed by atoms with Gasteiger partial charge in [0.25, 0.3) is 15.9 Å². The number of rotatable bonds is 8. The van der Waals surface area contributed by atoms with Crippen molar-refractivity contribution in [3.8, 4) is 0 Å². The SMILES string of the molecule is O=C(COC(=O)c1cccc(NS(=O)(=O)/C=C/c2ccccc2)c1)NC12CC3CC(CC(C3)C1)C2. The van der Waals surface area contributed by atoms with E-state index in [9.17, 15) is 18.0 Å². The molecule has 2 N–H and O–H groups in total. The van der Waals surface area contributed by atoms with Crippen molar-refractivity contribution in [1.29, 1.82) is 0 Å². The first kappa shape index (κ1) is 23.6. The number of ether oxygens (including phenoxy) is 1. The summed E-state index contributed by atoms with van der Waals surface area (Å²) in [6.45, 7) is -0.351. The number of nitrogens with one attached hydrogen (secondary N) is 2. The number of hydrogen-bond donors (Lipinski definition) is 2. The second-order valence-corrected chi connectivity index (χ2v) is 11.8. The number of carbonyl (C=O) groups excluding carboxylic acids is 2. The lowest BCUT2D eigenvalue weighted by Crippen LogP contribution is -2.60. The molecule has 184 valence electrons.